The minimum Gasteiger partial charge on any atom is -0.339 e. The van der Waals surface area contributed by atoms with Gasteiger partial charge in [0.05, 0.1) is 0 Å². The third-order valence-electron chi connectivity index (χ3n) is 4.87. The molecular formula is C21H24N4O4. The topological polar surface area (TPSA) is 91.7 Å². The molecule has 1 aromatic heterocycles. The smallest absolute Gasteiger partial charge is 0.253 e. The van der Waals surface area contributed by atoms with Crippen LogP contribution in [0.25, 0.3) is 0 Å². The molecular weight excluding hydrogens is 372 g/mol. The van der Waals surface area contributed by atoms with E-state index < -0.39 is 0 Å². The molecule has 2 aromatic rings. The van der Waals surface area contributed by atoms with Crippen LogP contribution in [0, 0.1) is 6.92 Å². The number of aryl methyl sites for hydroxylation is 1. The molecule has 3 amide bonds. The van der Waals surface area contributed by atoms with Crippen molar-refractivity contribution < 1.29 is 14.4 Å². The van der Waals surface area contributed by atoms with Gasteiger partial charge in [-0.3, -0.25) is 19.2 Å². The SMILES string of the molecule is CC(=O)N1CCN(C(=O)c2ccc(NC(=O)Cn3cc(C)ccc3=O)cc2)CC1. The van der Waals surface area contributed by atoms with Gasteiger partial charge in [0.25, 0.3) is 11.5 Å². The minimum atomic E-state index is -0.322. The van der Waals surface area contributed by atoms with E-state index in [1.54, 1.807) is 46.3 Å². The monoisotopic (exact) mass is 396 g/mol. The number of amides is 3. The van der Waals surface area contributed by atoms with Gasteiger partial charge in [0, 0.05) is 56.6 Å². The fraction of sp³-hybridized carbons (Fsp3) is 0.333. The molecule has 0 radical (unpaired) electrons. The predicted octanol–water partition coefficient (Wildman–Crippen LogP) is 1.10. The van der Waals surface area contributed by atoms with Gasteiger partial charge >= 0.3 is 0 Å². The van der Waals surface area contributed by atoms with Gasteiger partial charge < -0.3 is 19.7 Å². The fourth-order valence-corrected chi connectivity index (χ4v) is 3.23. The molecule has 152 valence electrons. The van der Waals surface area contributed by atoms with Crippen molar-refractivity contribution >= 4 is 23.4 Å². The summed E-state index contributed by atoms with van der Waals surface area (Å²) in [6.45, 7) is 5.37. The lowest BCUT2D eigenvalue weighted by Crippen LogP contribution is -2.50. The van der Waals surface area contributed by atoms with E-state index in [0.717, 1.165) is 5.56 Å². The van der Waals surface area contributed by atoms with Crippen LogP contribution in [0.1, 0.15) is 22.8 Å². The molecule has 0 bridgehead atoms. The Morgan fingerprint density at radius 2 is 1.55 bits per heavy atom. The van der Waals surface area contributed by atoms with Crippen LogP contribution in [0.15, 0.2) is 47.4 Å². The maximum atomic E-state index is 12.6. The largest absolute Gasteiger partial charge is 0.339 e. The lowest BCUT2D eigenvalue weighted by atomic mass is 10.1. The summed E-state index contributed by atoms with van der Waals surface area (Å²) in [5.74, 6) is -0.403. The highest BCUT2D eigenvalue weighted by molar-refractivity contribution is 5.96. The Balaban J connectivity index is 1.58. The molecule has 0 saturated carbocycles. The highest BCUT2D eigenvalue weighted by Crippen LogP contribution is 2.13. The first-order valence-corrected chi connectivity index (χ1v) is 9.45. The molecule has 0 atom stereocenters. The lowest BCUT2D eigenvalue weighted by Gasteiger charge is -2.34. The number of benzene rings is 1. The summed E-state index contributed by atoms with van der Waals surface area (Å²) >= 11 is 0. The fourth-order valence-electron chi connectivity index (χ4n) is 3.23. The molecule has 2 heterocycles. The van der Waals surface area contributed by atoms with E-state index in [1.807, 2.05) is 6.92 Å². The standard InChI is InChI=1S/C21H24N4O4/c1-15-3-8-20(28)25(13-15)14-19(27)22-18-6-4-17(5-7-18)21(29)24-11-9-23(10-12-24)16(2)26/h3-8,13H,9-12,14H2,1-2H3,(H,22,27). The number of aromatic nitrogens is 1. The summed E-state index contributed by atoms with van der Waals surface area (Å²) in [7, 11) is 0. The normalized spacial score (nSPS) is 13.9. The summed E-state index contributed by atoms with van der Waals surface area (Å²) in [4.78, 5) is 51.5. The molecule has 8 heteroatoms. The van der Waals surface area contributed by atoms with Crippen molar-refractivity contribution in [2.45, 2.75) is 20.4 Å². The number of nitrogens with one attached hydrogen (secondary N) is 1. The van der Waals surface area contributed by atoms with Gasteiger partial charge in [0.15, 0.2) is 0 Å². The molecule has 1 saturated heterocycles. The Labute approximate surface area is 168 Å². The van der Waals surface area contributed by atoms with E-state index >= 15 is 0 Å². The zero-order valence-corrected chi connectivity index (χ0v) is 16.6. The van der Waals surface area contributed by atoms with E-state index in [9.17, 15) is 19.2 Å². The van der Waals surface area contributed by atoms with Crippen LogP contribution in [0.2, 0.25) is 0 Å². The molecule has 0 aliphatic carbocycles. The van der Waals surface area contributed by atoms with Crippen molar-refractivity contribution in [1.29, 1.82) is 0 Å². The van der Waals surface area contributed by atoms with Crippen LogP contribution in [0.3, 0.4) is 0 Å². The number of anilines is 1. The van der Waals surface area contributed by atoms with Crippen molar-refractivity contribution in [3.63, 3.8) is 0 Å². The summed E-state index contributed by atoms with van der Waals surface area (Å²) in [6, 6.07) is 9.78. The Morgan fingerprint density at radius 3 is 2.17 bits per heavy atom. The molecule has 0 spiro atoms. The number of carbonyl (C=O) groups is 3. The second-order valence-corrected chi connectivity index (χ2v) is 7.10. The van der Waals surface area contributed by atoms with E-state index in [4.69, 9.17) is 0 Å². The summed E-state index contributed by atoms with van der Waals surface area (Å²) < 4.78 is 1.35. The van der Waals surface area contributed by atoms with Gasteiger partial charge in [0.1, 0.15) is 6.54 Å². The van der Waals surface area contributed by atoms with Gasteiger partial charge in [-0.15, -0.1) is 0 Å². The maximum Gasteiger partial charge on any atom is 0.253 e. The molecule has 1 N–H and O–H groups in total. The molecule has 1 aliphatic rings. The van der Waals surface area contributed by atoms with Crippen molar-refractivity contribution in [3.05, 3.63) is 64.1 Å². The predicted molar refractivity (Wildman–Crippen MR) is 109 cm³/mol. The third kappa shape index (κ3) is 5.10. The Kier molecular flexibility index (Phi) is 6.11. The van der Waals surface area contributed by atoms with Crippen LogP contribution in [0.5, 0.6) is 0 Å². The molecule has 3 rings (SSSR count). The minimum absolute atomic E-state index is 0.0186. The van der Waals surface area contributed by atoms with Gasteiger partial charge in [-0.2, -0.15) is 0 Å². The first kappa shape index (κ1) is 20.3. The van der Waals surface area contributed by atoms with Crippen LogP contribution < -0.4 is 10.9 Å². The highest BCUT2D eigenvalue weighted by Gasteiger charge is 2.23. The van der Waals surface area contributed by atoms with Crippen molar-refractivity contribution in [3.8, 4) is 0 Å². The molecule has 29 heavy (non-hydrogen) atoms. The quantitative estimate of drug-likeness (QED) is 0.838. The van der Waals surface area contributed by atoms with Crippen LogP contribution >= 0.6 is 0 Å². The average Bonchev–Trinajstić information content (AvgIpc) is 2.71. The molecule has 1 fully saturated rings. The van der Waals surface area contributed by atoms with E-state index in [1.165, 1.54) is 17.6 Å². The van der Waals surface area contributed by atoms with E-state index in [2.05, 4.69) is 5.32 Å². The third-order valence-corrected chi connectivity index (χ3v) is 4.87. The first-order chi connectivity index (χ1) is 13.8. The Morgan fingerprint density at radius 1 is 0.931 bits per heavy atom. The Hall–Kier alpha value is -3.42. The average molecular weight is 396 g/mol. The van der Waals surface area contributed by atoms with Crippen molar-refractivity contribution in [1.82, 2.24) is 14.4 Å². The molecule has 1 aromatic carbocycles. The zero-order valence-electron chi connectivity index (χ0n) is 16.6. The number of pyridine rings is 1. The number of piperazine rings is 1. The second-order valence-electron chi connectivity index (χ2n) is 7.10. The molecule has 8 nitrogen and oxygen atoms in total. The van der Waals surface area contributed by atoms with Gasteiger partial charge in [-0.05, 0) is 36.8 Å². The van der Waals surface area contributed by atoms with Gasteiger partial charge in [-0.25, -0.2) is 0 Å². The summed E-state index contributed by atoms with van der Waals surface area (Å²) in [5, 5.41) is 2.73. The summed E-state index contributed by atoms with van der Waals surface area (Å²) in [5.41, 5.74) is 1.73. The van der Waals surface area contributed by atoms with Gasteiger partial charge in [0.2, 0.25) is 11.8 Å². The van der Waals surface area contributed by atoms with E-state index in [-0.39, 0.29) is 29.8 Å². The number of nitrogens with zero attached hydrogens (tertiary/aromatic N) is 3. The first-order valence-electron chi connectivity index (χ1n) is 9.45. The highest BCUT2D eigenvalue weighted by atomic mass is 16.2. The van der Waals surface area contributed by atoms with Crippen LogP contribution in [-0.2, 0) is 16.1 Å². The van der Waals surface area contributed by atoms with E-state index in [0.29, 0.717) is 37.4 Å². The number of hydrogen-bond acceptors (Lipinski definition) is 4. The molecule has 1 aliphatic heterocycles. The van der Waals surface area contributed by atoms with Crippen LogP contribution in [-0.4, -0.2) is 58.3 Å². The van der Waals surface area contributed by atoms with Crippen molar-refractivity contribution in [2.24, 2.45) is 0 Å². The second kappa shape index (κ2) is 8.72. The number of rotatable bonds is 4. The zero-order chi connectivity index (χ0) is 21.0. The lowest BCUT2D eigenvalue weighted by molar-refractivity contribution is -0.130. The maximum absolute atomic E-state index is 12.6. The number of hydrogen-bond donors (Lipinski definition) is 1. The van der Waals surface area contributed by atoms with Gasteiger partial charge in [-0.1, -0.05) is 6.07 Å². The van der Waals surface area contributed by atoms with Crippen LogP contribution in [0.4, 0.5) is 5.69 Å². The number of carbonyl (C=O) groups excluding carboxylic acids is 3. The molecule has 0 unspecified atom stereocenters. The summed E-state index contributed by atoms with van der Waals surface area (Å²) in [6.07, 6.45) is 1.63. The van der Waals surface area contributed by atoms with Crippen molar-refractivity contribution in [2.75, 3.05) is 31.5 Å². The Bertz CT molecular complexity index is 973.